The number of carbonyl (C=O) groups is 1. The molecular weight excluding hydrogens is 387 g/mol. The fraction of sp³-hybridized carbons (Fsp3) is 0.222. The van der Waals surface area contributed by atoms with Crippen molar-refractivity contribution in [3.8, 4) is 0 Å². The molecule has 0 aliphatic heterocycles. The summed E-state index contributed by atoms with van der Waals surface area (Å²) in [5, 5.41) is 0. The number of fused-ring (bicyclic) bond motifs is 1. The van der Waals surface area contributed by atoms with Crippen LogP contribution in [0.15, 0.2) is 48.0 Å². The Hall–Kier alpha value is -2.65. The van der Waals surface area contributed by atoms with Crippen LogP contribution in [0.4, 0.5) is 4.39 Å². The van der Waals surface area contributed by atoms with Crippen LogP contribution in [0.25, 0.3) is 10.3 Å². The summed E-state index contributed by atoms with van der Waals surface area (Å²) in [6.45, 7) is 4.33. The highest BCUT2D eigenvalue weighted by Gasteiger charge is 2.15. The molecule has 0 N–H and O–H groups in total. The first-order valence-corrected chi connectivity index (χ1v) is 9.31. The number of aromatic nitrogens is 3. The largest absolute Gasteiger partial charge is 0.340 e. The van der Waals surface area contributed by atoms with E-state index in [1.807, 2.05) is 0 Å². The predicted molar refractivity (Wildman–Crippen MR) is 106 cm³/mol. The SMILES string of the molecule is C=CCn1c(=S)sc2c(=O)n(CC(=O)N(C)Cc3ccc(F)cc3)cnc21. The van der Waals surface area contributed by atoms with Gasteiger partial charge in [-0.25, -0.2) is 9.37 Å². The highest BCUT2D eigenvalue weighted by atomic mass is 32.1. The summed E-state index contributed by atoms with van der Waals surface area (Å²) >= 11 is 6.45. The van der Waals surface area contributed by atoms with E-state index >= 15 is 0 Å². The molecule has 1 aromatic carbocycles. The van der Waals surface area contributed by atoms with Crippen LogP contribution < -0.4 is 5.56 Å². The third kappa shape index (κ3) is 4.04. The van der Waals surface area contributed by atoms with Gasteiger partial charge in [-0.1, -0.05) is 29.5 Å². The number of rotatable bonds is 6. The third-order valence-electron chi connectivity index (χ3n) is 4.02. The standard InChI is InChI=1S/C18H17FN4O2S2/c1-3-8-23-16-15(27-18(23)26)17(25)22(11-20-16)10-14(24)21(2)9-12-4-6-13(19)7-5-12/h3-7,11H,1,8-10H2,2H3. The van der Waals surface area contributed by atoms with Gasteiger partial charge in [-0.15, -0.1) is 6.58 Å². The minimum atomic E-state index is -0.329. The average Bonchev–Trinajstić information content (AvgIpc) is 2.96. The Morgan fingerprint density at radius 2 is 2.11 bits per heavy atom. The van der Waals surface area contributed by atoms with E-state index < -0.39 is 0 Å². The molecule has 3 aromatic rings. The Morgan fingerprint density at radius 1 is 1.41 bits per heavy atom. The molecule has 1 amide bonds. The van der Waals surface area contributed by atoms with Gasteiger partial charge in [-0.2, -0.15) is 0 Å². The third-order valence-corrected chi connectivity index (χ3v) is 5.45. The number of thiazole rings is 1. The lowest BCUT2D eigenvalue weighted by molar-refractivity contribution is -0.131. The topological polar surface area (TPSA) is 60.1 Å². The zero-order valence-corrected chi connectivity index (χ0v) is 16.2. The molecule has 27 heavy (non-hydrogen) atoms. The molecule has 140 valence electrons. The lowest BCUT2D eigenvalue weighted by Crippen LogP contribution is -2.33. The molecule has 0 bridgehead atoms. The summed E-state index contributed by atoms with van der Waals surface area (Å²) in [5.74, 6) is -0.582. The van der Waals surface area contributed by atoms with Crippen molar-refractivity contribution in [3.05, 3.63) is 68.9 Å². The van der Waals surface area contributed by atoms with Gasteiger partial charge in [0, 0.05) is 20.1 Å². The number of benzene rings is 1. The molecular formula is C18H17FN4O2S2. The maximum atomic E-state index is 13.0. The molecule has 3 rings (SSSR count). The van der Waals surface area contributed by atoms with Crippen LogP contribution in [-0.4, -0.2) is 32.0 Å². The van der Waals surface area contributed by atoms with Gasteiger partial charge in [0.15, 0.2) is 9.60 Å². The number of hydrogen-bond acceptors (Lipinski definition) is 5. The van der Waals surface area contributed by atoms with Gasteiger partial charge in [0.05, 0.1) is 0 Å². The molecule has 0 spiro atoms. The van der Waals surface area contributed by atoms with E-state index in [0.717, 1.165) is 5.56 Å². The maximum Gasteiger partial charge on any atom is 0.273 e. The summed E-state index contributed by atoms with van der Waals surface area (Å²) in [7, 11) is 1.63. The van der Waals surface area contributed by atoms with Crippen molar-refractivity contribution in [1.82, 2.24) is 19.0 Å². The summed E-state index contributed by atoms with van der Waals surface area (Å²) in [5.41, 5.74) is 0.994. The number of amides is 1. The van der Waals surface area contributed by atoms with Crippen LogP contribution in [0.2, 0.25) is 0 Å². The number of nitrogens with zero attached hydrogens (tertiary/aromatic N) is 4. The summed E-state index contributed by atoms with van der Waals surface area (Å²) in [4.78, 5) is 30.9. The van der Waals surface area contributed by atoms with Gasteiger partial charge in [0.2, 0.25) is 5.91 Å². The van der Waals surface area contributed by atoms with Crippen molar-refractivity contribution >= 4 is 39.8 Å². The maximum absolute atomic E-state index is 13.0. The Balaban J connectivity index is 1.81. The molecule has 2 heterocycles. The highest BCUT2D eigenvalue weighted by Crippen LogP contribution is 2.17. The smallest absolute Gasteiger partial charge is 0.273 e. The number of hydrogen-bond donors (Lipinski definition) is 0. The van der Waals surface area contributed by atoms with Crippen molar-refractivity contribution in [3.63, 3.8) is 0 Å². The predicted octanol–water partition coefficient (Wildman–Crippen LogP) is 2.97. The van der Waals surface area contributed by atoms with E-state index in [1.165, 1.54) is 39.3 Å². The Kier molecular flexibility index (Phi) is 5.62. The first-order valence-electron chi connectivity index (χ1n) is 8.08. The second-order valence-corrected chi connectivity index (χ2v) is 7.62. The van der Waals surface area contributed by atoms with Gasteiger partial charge in [-0.05, 0) is 29.9 Å². The van der Waals surface area contributed by atoms with Crippen LogP contribution in [0, 0.1) is 9.77 Å². The van der Waals surface area contributed by atoms with E-state index in [1.54, 1.807) is 29.8 Å². The number of allylic oxidation sites excluding steroid dienone is 1. The second-order valence-electron chi connectivity index (χ2n) is 5.97. The van der Waals surface area contributed by atoms with E-state index in [0.29, 0.717) is 27.4 Å². The lowest BCUT2D eigenvalue weighted by Gasteiger charge is -2.18. The normalized spacial score (nSPS) is 10.9. The fourth-order valence-electron chi connectivity index (χ4n) is 2.59. The second kappa shape index (κ2) is 7.93. The van der Waals surface area contributed by atoms with Gasteiger partial charge >= 0.3 is 0 Å². The van der Waals surface area contributed by atoms with E-state index in [2.05, 4.69) is 11.6 Å². The number of likely N-dealkylation sites (N-methyl/N-ethyl adjacent to an activating group) is 1. The van der Waals surface area contributed by atoms with Crippen LogP contribution in [-0.2, 0) is 24.4 Å². The van der Waals surface area contributed by atoms with Crippen LogP contribution in [0.3, 0.4) is 0 Å². The van der Waals surface area contributed by atoms with Crippen molar-refractivity contribution < 1.29 is 9.18 Å². The Bertz CT molecular complexity index is 1120. The van der Waals surface area contributed by atoms with E-state index in [4.69, 9.17) is 12.2 Å². The monoisotopic (exact) mass is 404 g/mol. The van der Waals surface area contributed by atoms with Crippen LogP contribution in [0.1, 0.15) is 5.56 Å². The quantitative estimate of drug-likeness (QED) is 0.468. The Labute approximate surface area is 163 Å². The van der Waals surface area contributed by atoms with Gasteiger partial charge in [-0.3, -0.25) is 14.2 Å². The summed E-state index contributed by atoms with van der Waals surface area (Å²) < 4.78 is 16.9. The van der Waals surface area contributed by atoms with Gasteiger partial charge in [0.1, 0.15) is 23.4 Å². The minimum Gasteiger partial charge on any atom is -0.340 e. The lowest BCUT2D eigenvalue weighted by atomic mass is 10.2. The molecule has 0 aliphatic carbocycles. The molecule has 6 nitrogen and oxygen atoms in total. The van der Waals surface area contributed by atoms with Crippen molar-refractivity contribution in [2.75, 3.05) is 7.05 Å². The van der Waals surface area contributed by atoms with E-state index in [9.17, 15) is 14.0 Å². The Morgan fingerprint density at radius 3 is 2.78 bits per heavy atom. The zero-order valence-electron chi connectivity index (χ0n) is 14.6. The van der Waals surface area contributed by atoms with Crippen molar-refractivity contribution in [1.29, 1.82) is 0 Å². The highest BCUT2D eigenvalue weighted by molar-refractivity contribution is 7.73. The fourth-order valence-corrected chi connectivity index (χ4v) is 3.91. The number of halogens is 1. The summed E-state index contributed by atoms with van der Waals surface area (Å²) in [6.07, 6.45) is 3.04. The molecule has 0 saturated carbocycles. The first kappa shape index (κ1) is 19.1. The zero-order chi connectivity index (χ0) is 19.6. The molecule has 2 aromatic heterocycles. The molecule has 0 aliphatic rings. The van der Waals surface area contributed by atoms with Crippen LogP contribution >= 0.6 is 23.6 Å². The number of carbonyl (C=O) groups excluding carboxylic acids is 1. The minimum absolute atomic E-state index is 0.133. The van der Waals surface area contributed by atoms with Gasteiger partial charge < -0.3 is 9.47 Å². The molecule has 9 heteroatoms. The van der Waals surface area contributed by atoms with Crippen molar-refractivity contribution in [2.24, 2.45) is 0 Å². The first-order chi connectivity index (χ1) is 12.9. The molecule has 0 unspecified atom stereocenters. The summed E-state index contributed by atoms with van der Waals surface area (Å²) in [6, 6.07) is 5.93. The van der Waals surface area contributed by atoms with Crippen LogP contribution in [0.5, 0.6) is 0 Å². The van der Waals surface area contributed by atoms with Gasteiger partial charge in [0.25, 0.3) is 5.56 Å². The molecule has 0 atom stereocenters. The average molecular weight is 404 g/mol. The molecule has 0 radical (unpaired) electrons. The van der Waals surface area contributed by atoms with E-state index in [-0.39, 0.29) is 23.8 Å². The molecule has 0 fully saturated rings. The van der Waals surface area contributed by atoms with Crippen molar-refractivity contribution in [2.45, 2.75) is 19.6 Å². The molecule has 0 saturated heterocycles.